The SMILES string of the molecule is O=C(Nc1ncn(Cc2ccccc2)n1)c1cc(Cl)c2c(c1)OCO2. The van der Waals surface area contributed by atoms with E-state index in [-0.39, 0.29) is 18.6 Å². The number of carbonyl (C=O) groups is 1. The predicted octanol–water partition coefficient (Wildman–Crippen LogP) is 2.96. The smallest absolute Gasteiger partial charge is 0.258 e. The number of benzene rings is 2. The van der Waals surface area contributed by atoms with Gasteiger partial charge in [0.2, 0.25) is 12.7 Å². The van der Waals surface area contributed by atoms with Crippen LogP contribution in [-0.2, 0) is 6.54 Å². The summed E-state index contributed by atoms with van der Waals surface area (Å²) in [4.78, 5) is 16.5. The molecule has 0 saturated heterocycles. The van der Waals surface area contributed by atoms with Crippen molar-refractivity contribution in [2.45, 2.75) is 6.54 Å². The zero-order chi connectivity index (χ0) is 17.2. The fraction of sp³-hybridized carbons (Fsp3) is 0.118. The van der Waals surface area contributed by atoms with Crippen LogP contribution in [0.4, 0.5) is 5.95 Å². The molecule has 0 spiro atoms. The maximum atomic E-state index is 12.4. The molecule has 0 saturated carbocycles. The first-order chi connectivity index (χ1) is 12.2. The second-order valence-electron chi connectivity index (χ2n) is 5.40. The lowest BCUT2D eigenvalue weighted by Crippen LogP contribution is -2.13. The second kappa shape index (κ2) is 6.45. The van der Waals surface area contributed by atoms with E-state index in [0.717, 1.165) is 5.56 Å². The number of nitrogens with zero attached hydrogens (tertiary/aromatic N) is 3. The first-order valence-corrected chi connectivity index (χ1v) is 7.91. The lowest BCUT2D eigenvalue weighted by atomic mass is 10.2. The summed E-state index contributed by atoms with van der Waals surface area (Å²) < 4.78 is 12.1. The number of hydrogen-bond acceptors (Lipinski definition) is 5. The maximum absolute atomic E-state index is 12.4. The van der Waals surface area contributed by atoms with Crippen LogP contribution in [0.25, 0.3) is 0 Å². The van der Waals surface area contributed by atoms with Crippen molar-refractivity contribution in [3.63, 3.8) is 0 Å². The fourth-order valence-electron chi connectivity index (χ4n) is 2.47. The number of amides is 1. The van der Waals surface area contributed by atoms with Crippen LogP contribution in [0, 0.1) is 0 Å². The Morgan fingerprint density at radius 1 is 1.24 bits per heavy atom. The van der Waals surface area contributed by atoms with Crippen LogP contribution in [0.1, 0.15) is 15.9 Å². The summed E-state index contributed by atoms with van der Waals surface area (Å²) in [6.07, 6.45) is 1.56. The van der Waals surface area contributed by atoms with Gasteiger partial charge in [-0.25, -0.2) is 9.67 Å². The van der Waals surface area contributed by atoms with Crippen molar-refractivity contribution < 1.29 is 14.3 Å². The molecule has 2 heterocycles. The average molecular weight is 357 g/mol. The molecule has 1 N–H and O–H groups in total. The minimum atomic E-state index is -0.377. The van der Waals surface area contributed by atoms with E-state index in [1.54, 1.807) is 17.1 Å². The number of fused-ring (bicyclic) bond motifs is 1. The largest absolute Gasteiger partial charge is 0.454 e. The van der Waals surface area contributed by atoms with E-state index in [4.69, 9.17) is 21.1 Å². The van der Waals surface area contributed by atoms with Crippen molar-refractivity contribution in [1.29, 1.82) is 0 Å². The standard InChI is InChI=1S/C17H13ClN4O3/c18-13-6-12(7-14-15(13)25-10-24-14)16(23)20-17-19-9-22(21-17)8-11-4-2-1-3-5-11/h1-7,9H,8,10H2,(H,20,21,23). The van der Waals surface area contributed by atoms with Crippen LogP contribution in [0.15, 0.2) is 48.8 Å². The van der Waals surface area contributed by atoms with Crippen molar-refractivity contribution >= 4 is 23.5 Å². The van der Waals surface area contributed by atoms with E-state index in [9.17, 15) is 4.79 Å². The normalized spacial score (nSPS) is 12.2. The molecule has 7 nitrogen and oxygen atoms in total. The molecule has 0 fully saturated rings. The van der Waals surface area contributed by atoms with Crippen LogP contribution < -0.4 is 14.8 Å². The minimum Gasteiger partial charge on any atom is -0.454 e. The van der Waals surface area contributed by atoms with E-state index in [0.29, 0.717) is 28.6 Å². The van der Waals surface area contributed by atoms with Gasteiger partial charge >= 0.3 is 0 Å². The molecule has 126 valence electrons. The quantitative estimate of drug-likeness (QED) is 0.777. The highest BCUT2D eigenvalue weighted by atomic mass is 35.5. The van der Waals surface area contributed by atoms with Gasteiger partial charge in [-0.15, -0.1) is 5.10 Å². The summed E-state index contributed by atoms with van der Waals surface area (Å²) in [6.45, 7) is 0.658. The van der Waals surface area contributed by atoms with Crippen molar-refractivity contribution in [2.75, 3.05) is 12.1 Å². The molecule has 25 heavy (non-hydrogen) atoms. The van der Waals surface area contributed by atoms with Crippen LogP contribution in [-0.4, -0.2) is 27.5 Å². The summed E-state index contributed by atoms with van der Waals surface area (Å²) >= 11 is 6.10. The third-order valence-electron chi connectivity index (χ3n) is 3.64. The van der Waals surface area contributed by atoms with Gasteiger partial charge in [-0.05, 0) is 17.7 Å². The molecule has 0 aliphatic carbocycles. The highest BCUT2D eigenvalue weighted by Crippen LogP contribution is 2.39. The molecule has 2 aromatic carbocycles. The fourth-order valence-corrected chi connectivity index (χ4v) is 2.74. The van der Waals surface area contributed by atoms with Gasteiger partial charge in [0, 0.05) is 5.56 Å². The van der Waals surface area contributed by atoms with E-state index < -0.39 is 0 Å². The number of aromatic nitrogens is 3. The van der Waals surface area contributed by atoms with Gasteiger partial charge in [0.05, 0.1) is 11.6 Å². The molecule has 0 radical (unpaired) electrons. The van der Waals surface area contributed by atoms with Crippen LogP contribution in [0.2, 0.25) is 5.02 Å². The molecule has 1 aliphatic rings. The van der Waals surface area contributed by atoms with Crippen molar-refractivity contribution in [3.05, 3.63) is 64.9 Å². The van der Waals surface area contributed by atoms with Gasteiger partial charge < -0.3 is 9.47 Å². The van der Waals surface area contributed by atoms with Crippen molar-refractivity contribution in [3.8, 4) is 11.5 Å². The molecule has 1 amide bonds. The Bertz CT molecular complexity index is 927. The number of halogens is 1. The van der Waals surface area contributed by atoms with E-state index >= 15 is 0 Å². The number of anilines is 1. The number of ether oxygens (including phenoxy) is 2. The second-order valence-corrected chi connectivity index (χ2v) is 5.80. The monoisotopic (exact) mass is 356 g/mol. The first-order valence-electron chi connectivity index (χ1n) is 7.53. The van der Waals surface area contributed by atoms with E-state index in [1.807, 2.05) is 30.3 Å². The molecule has 0 atom stereocenters. The molecule has 1 aromatic heterocycles. The lowest BCUT2D eigenvalue weighted by molar-refractivity contribution is 0.102. The van der Waals surface area contributed by atoms with Gasteiger partial charge in [0.1, 0.15) is 6.33 Å². The van der Waals surface area contributed by atoms with Gasteiger partial charge in [-0.1, -0.05) is 41.9 Å². The van der Waals surface area contributed by atoms with E-state index in [1.165, 1.54) is 6.07 Å². The predicted molar refractivity (Wildman–Crippen MR) is 91.1 cm³/mol. The van der Waals surface area contributed by atoms with Crippen LogP contribution in [0.5, 0.6) is 11.5 Å². The Balaban J connectivity index is 1.47. The van der Waals surface area contributed by atoms with Gasteiger partial charge in [0.25, 0.3) is 5.91 Å². The summed E-state index contributed by atoms with van der Waals surface area (Å²) in [6, 6.07) is 12.9. The third-order valence-corrected chi connectivity index (χ3v) is 3.92. The molecule has 0 bridgehead atoms. The van der Waals surface area contributed by atoms with Crippen molar-refractivity contribution in [1.82, 2.24) is 14.8 Å². The Morgan fingerprint density at radius 2 is 2.08 bits per heavy atom. The number of rotatable bonds is 4. The Labute approximate surface area is 148 Å². The van der Waals surface area contributed by atoms with E-state index in [2.05, 4.69) is 15.4 Å². The van der Waals surface area contributed by atoms with Gasteiger partial charge in [-0.2, -0.15) is 0 Å². The Kier molecular flexibility index (Phi) is 3.99. The summed E-state index contributed by atoms with van der Waals surface area (Å²) in [5, 5.41) is 7.22. The molecule has 0 unspecified atom stereocenters. The summed E-state index contributed by atoms with van der Waals surface area (Å²) in [5.74, 6) is 0.732. The Morgan fingerprint density at radius 3 is 2.92 bits per heavy atom. The molecule has 8 heteroatoms. The summed E-state index contributed by atoms with van der Waals surface area (Å²) in [5.41, 5.74) is 1.43. The summed E-state index contributed by atoms with van der Waals surface area (Å²) in [7, 11) is 0. The van der Waals surface area contributed by atoms with Crippen LogP contribution in [0.3, 0.4) is 0 Å². The molecule has 1 aliphatic heterocycles. The molecule has 4 rings (SSSR count). The maximum Gasteiger partial charge on any atom is 0.258 e. The minimum absolute atomic E-state index is 0.0889. The zero-order valence-corrected chi connectivity index (χ0v) is 13.7. The van der Waals surface area contributed by atoms with Gasteiger partial charge in [0.15, 0.2) is 11.5 Å². The van der Waals surface area contributed by atoms with Gasteiger partial charge in [-0.3, -0.25) is 10.1 Å². The molecule has 3 aromatic rings. The number of carbonyl (C=O) groups excluding carboxylic acids is 1. The molecular weight excluding hydrogens is 344 g/mol. The van der Waals surface area contributed by atoms with Crippen molar-refractivity contribution in [2.24, 2.45) is 0 Å². The number of nitrogens with one attached hydrogen (secondary N) is 1. The average Bonchev–Trinajstić information content (AvgIpc) is 3.25. The highest BCUT2D eigenvalue weighted by molar-refractivity contribution is 6.32. The highest BCUT2D eigenvalue weighted by Gasteiger charge is 2.21. The zero-order valence-electron chi connectivity index (χ0n) is 13.0. The first kappa shape index (κ1) is 15.5. The Hall–Kier alpha value is -3.06. The third kappa shape index (κ3) is 3.27. The molecular formula is C17H13ClN4O3. The van der Waals surface area contributed by atoms with Crippen LogP contribution >= 0.6 is 11.6 Å². The lowest BCUT2D eigenvalue weighted by Gasteiger charge is -2.04. The number of hydrogen-bond donors (Lipinski definition) is 1. The topological polar surface area (TPSA) is 78.3 Å².